The maximum atomic E-state index is 11.9. The fraction of sp³-hybridized carbons (Fsp3) is 0.571. The molecular weight excluding hydrogens is 280 g/mol. The van der Waals surface area contributed by atoms with Crippen LogP contribution in [-0.4, -0.2) is 40.9 Å². The smallest absolute Gasteiger partial charge is 0.297 e. The van der Waals surface area contributed by atoms with Gasteiger partial charge in [-0.2, -0.15) is 8.42 Å². The predicted octanol–water partition coefficient (Wildman–Crippen LogP) is 1.90. The molecule has 6 heteroatoms. The van der Waals surface area contributed by atoms with Crippen LogP contribution in [0, 0.1) is 6.92 Å². The molecular formula is C14H20O5S. The van der Waals surface area contributed by atoms with E-state index in [-0.39, 0.29) is 24.2 Å². The third-order valence-corrected chi connectivity index (χ3v) is 4.43. The number of hydrogen-bond donors (Lipinski definition) is 0. The lowest BCUT2D eigenvalue weighted by atomic mass is 10.2. The van der Waals surface area contributed by atoms with Gasteiger partial charge in [0.15, 0.2) is 0 Å². The first kappa shape index (κ1) is 15.4. The van der Waals surface area contributed by atoms with E-state index in [2.05, 4.69) is 0 Å². The minimum absolute atomic E-state index is 0.0205. The van der Waals surface area contributed by atoms with Crippen LogP contribution in [0.2, 0.25) is 0 Å². The Morgan fingerprint density at radius 2 is 2.00 bits per heavy atom. The van der Waals surface area contributed by atoms with Crippen LogP contribution in [0.5, 0.6) is 0 Å². The summed E-state index contributed by atoms with van der Waals surface area (Å²) in [4.78, 5) is 0.170. The molecule has 20 heavy (non-hydrogen) atoms. The lowest BCUT2D eigenvalue weighted by Crippen LogP contribution is -2.27. The van der Waals surface area contributed by atoms with Crippen LogP contribution < -0.4 is 0 Å². The summed E-state index contributed by atoms with van der Waals surface area (Å²) in [6.07, 6.45) is 1.98. The van der Waals surface area contributed by atoms with E-state index < -0.39 is 10.1 Å². The summed E-state index contributed by atoms with van der Waals surface area (Å²) in [5.74, 6) is 0. The highest BCUT2D eigenvalue weighted by molar-refractivity contribution is 7.86. The molecule has 112 valence electrons. The minimum atomic E-state index is -3.69. The van der Waals surface area contributed by atoms with Crippen LogP contribution in [0.4, 0.5) is 0 Å². The molecule has 1 aromatic rings. The second-order valence-electron chi connectivity index (χ2n) is 4.80. The van der Waals surface area contributed by atoms with Crippen LogP contribution in [0.1, 0.15) is 18.4 Å². The zero-order chi connectivity index (χ0) is 14.4. The molecule has 0 bridgehead atoms. The summed E-state index contributed by atoms with van der Waals surface area (Å²) < 4.78 is 39.5. The largest absolute Gasteiger partial charge is 0.379 e. The molecule has 1 atom stereocenters. The van der Waals surface area contributed by atoms with Gasteiger partial charge in [-0.1, -0.05) is 17.7 Å². The van der Waals surface area contributed by atoms with E-state index >= 15 is 0 Å². The Labute approximate surface area is 120 Å². The van der Waals surface area contributed by atoms with Gasteiger partial charge in [-0.3, -0.25) is 4.18 Å². The molecule has 0 radical (unpaired) electrons. The first-order chi connectivity index (χ1) is 9.58. The molecule has 1 saturated heterocycles. The molecule has 0 aliphatic carbocycles. The van der Waals surface area contributed by atoms with Crippen molar-refractivity contribution in [3.05, 3.63) is 29.8 Å². The van der Waals surface area contributed by atoms with Gasteiger partial charge in [0, 0.05) is 6.61 Å². The molecule has 0 N–H and O–H groups in total. The van der Waals surface area contributed by atoms with Gasteiger partial charge in [-0.15, -0.1) is 0 Å². The second kappa shape index (κ2) is 7.17. The van der Waals surface area contributed by atoms with E-state index in [1.54, 1.807) is 24.3 Å². The zero-order valence-corrected chi connectivity index (χ0v) is 12.4. The van der Waals surface area contributed by atoms with Crippen molar-refractivity contribution in [3.63, 3.8) is 0 Å². The number of benzene rings is 1. The highest BCUT2D eigenvalue weighted by Gasteiger charge is 2.17. The van der Waals surface area contributed by atoms with Crippen LogP contribution in [0.15, 0.2) is 29.2 Å². The summed E-state index contributed by atoms with van der Waals surface area (Å²) >= 11 is 0. The van der Waals surface area contributed by atoms with Gasteiger partial charge >= 0.3 is 0 Å². The topological polar surface area (TPSA) is 61.8 Å². The molecule has 0 saturated carbocycles. The first-order valence-electron chi connectivity index (χ1n) is 6.73. The Bertz CT molecular complexity index is 503. The van der Waals surface area contributed by atoms with Crippen molar-refractivity contribution in [1.82, 2.24) is 0 Å². The normalized spacial score (nSPS) is 19.9. The van der Waals surface area contributed by atoms with Crippen LogP contribution >= 0.6 is 0 Å². The predicted molar refractivity (Wildman–Crippen MR) is 74.1 cm³/mol. The maximum absolute atomic E-state index is 11.9. The third kappa shape index (κ3) is 4.56. The molecule has 1 heterocycles. The maximum Gasteiger partial charge on any atom is 0.297 e. The zero-order valence-electron chi connectivity index (χ0n) is 11.6. The SMILES string of the molecule is Cc1ccc(S(=O)(=O)OCCOC2CCCOC2)cc1. The van der Waals surface area contributed by atoms with E-state index in [9.17, 15) is 8.42 Å². The van der Waals surface area contributed by atoms with Gasteiger partial charge < -0.3 is 9.47 Å². The highest BCUT2D eigenvalue weighted by Crippen LogP contribution is 2.14. The van der Waals surface area contributed by atoms with Crippen molar-refractivity contribution in [2.75, 3.05) is 26.4 Å². The summed E-state index contributed by atoms with van der Waals surface area (Å²) in [7, 11) is -3.69. The van der Waals surface area contributed by atoms with Crippen molar-refractivity contribution >= 4 is 10.1 Å². The average molecular weight is 300 g/mol. The molecule has 2 rings (SSSR count). The Morgan fingerprint density at radius 3 is 2.65 bits per heavy atom. The molecule has 1 aliphatic heterocycles. The molecule has 1 fully saturated rings. The Balaban J connectivity index is 1.76. The van der Waals surface area contributed by atoms with E-state index in [1.807, 2.05) is 6.92 Å². The molecule has 1 unspecified atom stereocenters. The van der Waals surface area contributed by atoms with Crippen molar-refractivity contribution in [3.8, 4) is 0 Å². The Hall–Kier alpha value is -0.950. The third-order valence-electron chi connectivity index (χ3n) is 3.10. The Morgan fingerprint density at radius 1 is 1.25 bits per heavy atom. The molecule has 5 nitrogen and oxygen atoms in total. The first-order valence-corrected chi connectivity index (χ1v) is 8.14. The van der Waals surface area contributed by atoms with Crippen LogP contribution in [0.3, 0.4) is 0 Å². The summed E-state index contributed by atoms with van der Waals surface area (Å²) in [6.45, 7) is 3.52. The molecule has 1 aromatic carbocycles. The van der Waals surface area contributed by atoms with Gasteiger partial charge in [0.05, 0.1) is 30.8 Å². The summed E-state index contributed by atoms with van der Waals surface area (Å²) in [5, 5.41) is 0. The number of aryl methyl sites for hydroxylation is 1. The fourth-order valence-electron chi connectivity index (χ4n) is 1.97. The van der Waals surface area contributed by atoms with Crippen LogP contribution in [-0.2, 0) is 23.8 Å². The van der Waals surface area contributed by atoms with Crippen molar-refractivity contribution in [1.29, 1.82) is 0 Å². The van der Waals surface area contributed by atoms with Gasteiger partial charge in [-0.25, -0.2) is 0 Å². The van der Waals surface area contributed by atoms with Gasteiger partial charge in [0.2, 0.25) is 0 Å². The van der Waals surface area contributed by atoms with Crippen molar-refractivity contribution in [2.45, 2.75) is 30.8 Å². The van der Waals surface area contributed by atoms with Crippen molar-refractivity contribution in [2.24, 2.45) is 0 Å². The fourth-order valence-corrected chi connectivity index (χ4v) is 2.87. The number of rotatable bonds is 6. The molecule has 1 aliphatic rings. The van der Waals surface area contributed by atoms with Gasteiger partial charge in [-0.05, 0) is 31.9 Å². The number of ether oxygens (including phenoxy) is 2. The Kier molecular flexibility index (Phi) is 5.54. The van der Waals surface area contributed by atoms with E-state index in [0.717, 1.165) is 25.0 Å². The van der Waals surface area contributed by atoms with E-state index in [1.165, 1.54) is 0 Å². The lowest BCUT2D eigenvalue weighted by Gasteiger charge is -2.22. The highest BCUT2D eigenvalue weighted by atomic mass is 32.2. The minimum Gasteiger partial charge on any atom is -0.379 e. The lowest BCUT2D eigenvalue weighted by molar-refractivity contribution is -0.0556. The monoisotopic (exact) mass is 300 g/mol. The second-order valence-corrected chi connectivity index (χ2v) is 6.41. The standard InChI is InChI=1S/C14H20O5S/c1-12-4-6-14(7-5-12)20(15,16)19-10-9-18-13-3-2-8-17-11-13/h4-7,13H,2-3,8-11H2,1H3. The molecule has 0 spiro atoms. The van der Waals surface area contributed by atoms with Gasteiger partial charge in [0.25, 0.3) is 10.1 Å². The summed E-state index contributed by atoms with van der Waals surface area (Å²) in [5.41, 5.74) is 1.00. The molecule has 0 amide bonds. The quantitative estimate of drug-likeness (QED) is 0.593. The average Bonchev–Trinajstić information content (AvgIpc) is 2.45. The van der Waals surface area contributed by atoms with Crippen molar-refractivity contribution < 1.29 is 22.1 Å². The van der Waals surface area contributed by atoms with Gasteiger partial charge in [0.1, 0.15) is 0 Å². The molecule has 0 aromatic heterocycles. The number of hydrogen-bond acceptors (Lipinski definition) is 5. The van der Waals surface area contributed by atoms with E-state index in [0.29, 0.717) is 6.61 Å². The van der Waals surface area contributed by atoms with E-state index in [4.69, 9.17) is 13.7 Å². The van der Waals surface area contributed by atoms with Crippen LogP contribution in [0.25, 0.3) is 0 Å². The summed E-state index contributed by atoms with van der Waals surface area (Å²) in [6, 6.07) is 6.57.